The lowest BCUT2D eigenvalue weighted by molar-refractivity contribution is -0.143. The van der Waals surface area contributed by atoms with Crippen LogP contribution in [0.15, 0.2) is 0 Å². The molecule has 0 aromatic carbocycles. The first-order chi connectivity index (χ1) is 8.81. The van der Waals surface area contributed by atoms with Crippen LogP contribution < -0.4 is 5.73 Å². The summed E-state index contributed by atoms with van der Waals surface area (Å²) < 4.78 is 0. The molecule has 0 amide bonds. The van der Waals surface area contributed by atoms with E-state index in [1.807, 2.05) is 0 Å². The van der Waals surface area contributed by atoms with E-state index in [-0.39, 0.29) is 0 Å². The predicted molar refractivity (Wildman–Crippen MR) is 76.3 cm³/mol. The number of carboxylic acid groups (broad SMARTS) is 1. The molecule has 1 heterocycles. The van der Waals surface area contributed by atoms with Gasteiger partial charge in [0.2, 0.25) is 0 Å². The first-order valence-electron chi connectivity index (χ1n) is 6.93. The van der Waals surface area contributed by atoms with Crippen molar-refractivity contribution in [2.75, 3.05) is 59.9 Å². The van der Waals surface area contributed by atoms with Crippen LogP contribution in [0.5, 0.6) is 0 Å². The highest BCUT2D eigenvalue weighted by Crippen LogP contribution is 2.09. The van der Waals surface area contributed by atoms with Gasteiger partial charge in [-0.3, -0.25) is 9.69 Å². The van der Waals surface area contributed by atoms with E-state index in [1.165, 1.54) is 0 Å². The number of carboxylic acids is 1. The molecule has 19 heavy (non-hydrogen) atoms. The van der Waals surface area contributed by atoms with E-state index in [2.05, 4.69) is 28.8 Å². The zero-order chi connectivity index (χ0) is 14.5. The number of aliphatic carboxylic acids is 1. The predicted octanol–water partition coefficient (Wildman–Crippen LogP) is -0.642. The minimum absolute atomic E-state index is 0.500. The Morgan fingerprint density at radius 3 is 2.11 bits per heavy atom. The van der Waals surface area contributed by atoms with Crippen molar-refractivity contribution in [1.82, 2.24) is 14.7 Å². The van der Waals surface area contributed by atoms with E-state index in [0.29, 0.717) is 6.42 Å². The maximum atomic E-state index is 10.9. The zero-order valence-corrected chi connectivity index (χ0v) is 12.4. The Kier molecular flexibility index (Phi) is 6.19. The van der Waals surface area contributed by atoms with Crippen molar-refractivity contribution < 1.29 is 9.90 Å². The zero-order valence-electron chi connectivity index (χ0n) is 12.4. The Morgan fingerprint density at radius 2 is 1.68 bits per heavy atom. The van der Waals surface area contributed by atoms with Gasteiger partial charge in [0.25, 0.3) is 0 Å². The van der Waals surface area contributed by atoms with Crippen molar-refractivity contribution in [2.45, 2.75) is 18.9 Å². The number of nitrogens with two attached hydrogens (primary N) is 1. The van der Waals surface area contributed by atoms with Crippen LogP contribution in [0.4, 0.5) is 0 Å². The van der Waals surface area contributed by atoms with E-state index in [4.69, 9.17) is 10.8 Å². The fourth-order valence-electron chi connectivity index (χ4n) is 2.08. The second-order valence-electron chi connectivity index (χ2n) is 5.96. The second kappa shape index (κ2) is 7.19. The van der Waals surface area contributed by atoms with E-state index >= 15 is 0 Å². The Morgan fingerprint density at radius 1 is 1.21 bits per heavy atom. The molecule has 0 aliphatic carbocycles. The van der Waals surface area contributed by atoms with Crippen LogP contribution in [-0.2, 0) is 4.79 Å². The number of nitrogens with zero attached hydrogens (tertiary/aromatic N) is 3. The summed E-state index contributed by atoms with van der Waals surface area (Å²) >= 11 is 0. The number of hydrogen-bond donors (Lipinski definition) is 2. The van der Waals surface area contributed by atoms with E-state index in [0.717, 1.165) is 45.8 Å². The van der Waals surface area contributed by atoms with Gasteiger partial charge in [0.1, 0.15) is 5.54 Å². The van der Waals surface area contributed by atoms with Gasteiger partial charge in [-0.2, -0.15) is 0 Å². The van der Waals surface area contributed by atoms with Crippen molar-refractivity contribution in [3.05, 3.63) is 0 Å². The molecule has 0 saturated carbocycles. The summed E-state index contributed by atoms with van der Waals surface area (Å²) in [5.41, 5.74) is 4.63. The molecule has 0 aromatic heterocycles. The molecule has 3 N–H and O–H groups in total. The normalized spacial score (nSPS) is 21.5. The van der Waals surface area contributed by atoms with Crippen LogP contribution in [-0.4, -0.2) is 91.2 Å². The van der Waals surface area contributed by atoms with Crippen molar-refractivity contribution in [3.63, 3.8) is 0 Å². The highest BCUT2D eigenvalue weighted by Gasteiger charge is 2.28. The van der Waals surface area contributed by atoms with Crippen molar-refractivity contribution in [3.8, 4) is 0 Å². The smallest absolute Gasteiger partial charge is 0.323 e. The summed E-state index contributed by atoms with van der Waals surface area (Å²) in [6.07, 6.45) is 0.500. The van der Waals surface area contributed by atoms with Crippen LogP contribution in [0.25, 0.3) is 0 Å². The van der Waals surface area contributed by atoms with Gasteiger partial charge in [-0.15, -0.1) is 0 Å². The third-order valence-electron chi connectivity index (χ3n) is 3.76. The van der Waals surface area contributed by atoms with Gasteiger partial charge < -0.3 is 20.6 Å². The van der Waals surface area contributed by atoms with Gasteiger partial charge in [0, 0.05) is 45.8 Å². The maximum Gasteiger partial charge on any atom is 0.323 e. The van der Waals surface area contributed by atoms with Crippen LogP contribution in [0.3, 0.4) is 0 Å². The first-order valence-corrected chi connectivity index (χ1v) is 6.93. The van der Waals surface area contributed by atoms with Gasteiger partial charge in [0.05, 0.1) is 0 Å². The third-order valence-corrected chi connectivity index (χ3v) is 3.76. The molecule has 1 aliphatic rings. The lowest BCUT2D eigenvalue weighted by Gasteiger charge is -2.36. The minimum Gasteiger partial charge on any atom is -0.480 e. The minimum atomic E-state index is -1.11. The number of hydrogen-bond acceptors (Lipinski definition) is 5. The van der Waals surface area contributed by atoms with Gasteiger partial charge >= 0.3 is 5.97 Å². The summed E-state index contributed by atoms with van der Waals surface area (Å²) in [4.78, 5) is 17.9. The molecule has 0 aromatic rings. The van der Waals surface area contributed by atoms with E-state index < -0.39 is 11.5 Å². The molecule has 112 valence electrons. The fourth-order valence-corrected chi connectivity index (χ4v) is 2.08. The number of likely N-dealkylation sites (N-methyl/N-ethyl adjacent to an activating group) is 1. The molecule has 1 fully saturated rings. The molecule has 1 aliphatic heterocycles. The molecule has 6 heteroatoms. The van der Waals surface area contributed by atoms with Crippen molar-refractivity contribution >= 4 is 5.97 Å². The van der Waals surface area contributed by atoms with Crippen LogP contribution in [0.2, 0.25) is 0 Å². The number of rotatable bonds is 7. The van der Waals surface area contributed by atoms with Crippen LogP contribution in [0, 0.1) is 0 Å². The van der Waals surface area contributed by atoms with Crippen molar-refractivity contribution in [2.24, 2.45) is 5.73 Å². The van der Waals surface area contributed by atoms with Gasteiger partial charge in [0.15, 0.2) is 0 Å². The topological polar surface area (TPSA) is 73.0 Å². The fraction of sp³-hybridized carbons (Fsp3) is 0.923. The van der Waals surface area contributed by atoms with Crippen LogP contribution in [0.1, 0.15) is 13.3 Å². The molecule has 0 spiro atoms. The first kappa shape index (κ1) is 16.4. The summed E-state index contributed by atoms with van der Waals surface area (Å²) in [6, 6.07) is 0. The number of piperazine rings is 1. The Balaban J connectivity index is 2.22. The molecular weight excluding hydrogens is 244 g/mol. The molecule has 1 saturated heterocycles. The van der Waals surface area contributed by atoms with Gasteiger partial charge in [-0.05, 0) is 27.4 Å². The average molecular weight is 272 g/mol. The Bertz CT molecular complexity index is 286. The maximum absolute atomic E-state index is 10.9. The molecule has 1 unspecified atom stereocenters. The summed E-state index contributed by atoms with van der Waals surface area (Å²) in [5, 5.41) is 8.98. The molecule has 1 atom stereocenters. The SMILES string of the molecule is CN(C)CCN1CCN(CCC(C)(N)C(=O)O)CC1. The number of carbonyl (C=O) groups is 1. The monoisotopic (exact) mass is 272 g/mol. The van der Waals surface area contributed by atoms with Gasteiger partial charge in [-0.1, -0.05) is 0 Å². The highest BCUT2D eigenvalue weighted by molar-refractivity contribution is 5.77. The van der Waals surface area contributed by atoms with E-state index in [1.54, 1.807) is 6.92 Å². The van der Waals surface area contributed by atoms with Crippen LogP contribution >= 0.6 is 0 Å². The quantitative estimate of drug-likeness (QED) is 0.642. The molecule has 1 rings (SSSR count). The lowest BCUT2D eigenvalue weighted by atomic mass is 9.99. The molecular formula is C13H28N4O2. The average Bonchev–Trinajstić information content (AvgIpc) is 2.35. The van der Waals surface area contributed by atoms with E-state index in [9.17, 15) is 4.79 Å². The standard InChI is InChI=1S/C13H28N4O2/c1-13(14,12(18)19)4-5-16-8-10-17(11-9-16)7-6-15(2)3/h4-11,14H2,1-3H3,(H,18,19). The highest BCUT2D eigenvalue weighted by atomic mass is 16.4. The molecule has 6 nitrogen and oxygen atoms in total. The van der Waals surface area contributed by atoms with Gasteiger partial charge in [-0.25, -0.2) is 0 Å². The Hall–Kier alpha value is -0.690. The molecule has 0 bridgehead atoms. The van der Waals surface area contributed by atoms with Crippen molar-refractivity contribution in [1.29, 1.82) is 0 Å². The molecule has 0 radical (unpaired) electrons. The lowest BCUT2D eigenvalue weighted by Crippen LogP contribution is -2.51. The Labute approximate surface area is 116 Å². The summed E-state index contributed by atoms with van der Waals surface area (Å²) in [6.45, 7) is 8.66. The largest absolute Gasteiger partial charge is 0.480 e. The summed E-state index contributed by atoms with van der Waals surface area (Å²) in [5.74, 6) is -0.919. The summed E-state index contributed by atoms with van der Waals surface area (Å²) in [7, 11) is 4.18. The second-order valence-corrected chi connectivity index (χ2v) is 5.96. The third kappa shape index (κ3) is 5.86.